The molecule has 0 fully saturated rings. The normalized spacial score (nSPS) is 20.3. The molecule has 0 aliphatic heterocycles. The molecule has 0 amide bonds. The Morgan fingerprint density at radius 3 is 2.21 bits per heavy atom. The molecule has 174 valence electrons. The number of hydrogen-bond donors (Lipinski definition) is 0. The predicted molar refractivity (Wildman–Crippen MR) is 144 cm³/mol. The zero-order valence-electron chi connectivity index (χ0n) is 21.0. The maximum absolute atomic E-state index is 2.40. The molecule has 0 aromatic heterocycles. The molecule has 2 atom stereocenters. The van der Waals surface area contributed by atoms with Crippen molar-refractivity contribution in [2.75, 3.05) is 0 Å². The molecule has 0 radical (unpaired) electrons. The molecule has 1 aromatic rings. The number of hydrogen-bond acceptors (Lipinski definition) is 0. The van der Waals surface area contributed by atoms with Crippen molar-refractivity contribution in [3.63, 3.8) is 0 Å². The van der Waals surface area contributed by atoms with Gasteiger partial charge in [0.25, 0.3) is 0 Å². The van der Waals surface area contributed by atoms with E-state index in [1.807, 2.05) is 0 Å². The first-order valence-corrected chi connectivity index (χ1v) is 13.5. The van der Waals surface area contributed by atoms with E-state index in [0.29, 0.717) is 5.92 Å². The molecule has 0 saturated heterocycles. The van der Waals surface area contributed by atoms with Crippen molar-refractivity contribution in [3.05, 3.63) is 106 Å². The van der Waals surface area contributed by atoms with Crippen LogP contribution in [0.2, 0.25) is 0 Å². The van der Waals surface area contributed by atoms with E-state index in [2.05, 4.69) is 93.6 Å². The maximum atomic E-state index is 2.40. The van der Waals surface area contributed by atoms with Gasteiger partial charge in [0.05, 0.1) is 0 Å². The fourth-order valence-corrected chi connectivity index (χ4v) is 5.68. The Kier molecular flexibility index (Phi) is 8.43. The van der Waals surface area contributed by atoms with Gasteiger partial charge in [-0.2, -0.15) is 0 Å². The standard InChI is InChI=1S/C33H42/c1-4-25(5-2)15-16-26(6-3)23-27-17-19-28(20-18-27)24-30-21-22-32(29-11-8-7-9-12-29)33-14-10-13-31(30)33/h8,10-14,17-22,25-26,33H,4-7,9,15-16,23-24H2,1-3H3. The zero-order chi connectivity index (χ0) is 23.0. The van der Waals surface area contributed by atoms with E-state index in [1.54, 1.807) is 0 Å². The van der Waals surface area contributed by atoms with Gasteiger partial charge in [0.1, 0.15) is 0 Å². The highest BCUT2D eigenvalue weighted by Gasteiger charge is 2.26. The molecule has 0 heteroatoms. The minimum atomic E-state index is 0.429. The monoisotopic (exact) mass is 438 g/mol. The summed E-state index contributed by atoms with van der Waals surface area (Å²) in [6, 6.07) is 9.51. The number of rotatable bonds is 11. The second kappa shape index (κ2) is 11.7. The Morgan fingerprint density at radius 1 is 0.788 bits per heavy atom. The van der Waals surface area contributed by atoms with Crippen LogP contribution in [0.15, 0.2) is 95.2 Å². The van der Waals surface area contributed by atoms with Crippen LogP contribution in [0.3, 0.4) is 0 Å². The second-order valence-electron chi connectivity index (χ2n) is 10.2. The fourth-order valence-electron chi connectivity index (χ4n) is 5.68. The Bertz CT molecular complexity index is 969. The summed E-state index contributed by atoms with van der Waals surface area (Å²) >= 11 is 0. The predicted octanol–water partition coefficient (Wildman–Crippen LogP) is 9.27. The van der Waals surface area contributed by atoms with Crippen LogP contribution in [0.5, 0.6) is 0 Å². The lowest BCUT2D eigenvalue weighted by atomic mass is 9.78. The van der Waals surface area contributed by atoms with Crippen molar-refractivity contribution in [3.8, 4) is 0 Å². The van der Waals surface area contributed by atoms with Crippen LogP contribution < -0.4 is 0 Å². The summed E-state index contributed by atoms with van der Waals surface area (Å²) in [5.74, 6) is 2.16. The van der Waals surface area contributed by atoms with Crippen molar-refractivity contribution in [2.45, 2.75) is 78.6 Å². The van der Waals surface area contributed by atoms with Crippen LogP contribution in [0.25, 0.3) is 0 Å². The molecule has 33 heavy (non-hydrogen) atoms. The fraction of sp³-hybridized carbons (Fsp3) is 0.455. The van der Waals surface area contributed by atoms with E-state index < -0.39 is 0 Å². The SMILES string of the molecule is CCC(CC)CCC(CC)Cc1ccc(CC2=CC=C(C3=CCCC=C3)C3C=CC=C23)cc1. The number of benzene rings is 1. The topological polar surface area (TPSA) is 0 Å². The molecule has 0 spiro atoms. The van der Waals surface area contributed by atoms with Gasteiger partial charge < -0.3 is 0 Å². The molecule has 0 heterocycles. The van der Waals surface area contributed by atoms with Crippen LogP contribution in [-0.4, -0.2) is 0 Å². The van der Waals surface area contributed by atoms with Crippen LogP contribution in [0.4, 0.5) is 0 Å². The van der Waals surface area contributed by atoms with Crippen LogP contribution in [0.1, 0.15) is 76.8 Å². The summed E-state index contributed by atoms with van der Waals surface area (Å²) in [6.45, 7) is 7.05. The molecule has 3 aliphatic rings. The maximum Gasteiger partial charge on any atom is 0.0281 e. The average Bonchev–Trinajstić information content (AvgIpc) is 3.36. The van der Waals surface area contributed by atoms with E-state index in [9.17, 15) is 0 Å². The molecule has 2 unspecified atom stereocenters. The molecular weight excluding hydrogens is 396 g/mol. The number of allylic oxidation sites excluding steroid dienone is 12. The Balaban J connectivity index is 1.39. The lowest BCUT2D eigenvalue weighted by Gasteiger charge is -2.26. The Hall–Kier alpha value is -2.34. The van der Waals surface area contributed by atoms with Gasteiger partial charge in [-0.1, -0.05) is 119 Å². The van der Waals surface area contributed by atoms with Crippen molar-refractivity contribution >= 4 is 0 Å². The van der Waals surface area contributed by atoms with Crippen LogP contribution in [-0.2, 0) is 12.8 Å². The van der Waals surface area contributed by atoms with Crippen molar-refractivity contribution in [1.29, 1.82) is 0 Å². The third-order valence-electron chi connectivity index (χ3n) is 8.07. The van der Waals surface area contributed by atoms with Crippen molar-refractivity contribution in [2.24, 2.45) is 17.8 Å². The van der Waals surface area contributed by atoms with E-state index in [0.717, 1.165) is 24.7 Å². The zero-order valence-corrected chi connectivity index (χ0v) is 21.0. The van der Waals surface area contributed by atoms with Gasteiger partial charge >= 0.3 is 0 Å². The highest BCUT2D eigenvalue weighted by atomic mass is 14.3. The molecule has 0 saturated carbocycles. The molecule has 1 aromatic carbocycles. The van der Waals surface area contributed by atoms with Gasteiger partial charge in [0, 0.05) is 5.92 Å². The van der Waals surface area contributed by atoms with Gasteiger partial charge in [-0.05, 0) is 77.4 Å². The summed E-state index contributed by atoms with van der Waals surface area (Å²) in [6.07, 6.45) is 30.0. The minimum absolute atomic E-state index is 0.429. The van der Waals surface area contributed by atoms with Gasteiger partial charge in [0.2, 0.25) is 0 Å². The summed E-state index contributed by atoms with van der Waals surface area (Å²) in [7, 11) is 0. The van der Waals surface area contributed by atoms with E-state index in [-0.39, 0.29) is 0 Å². The third kappa shape index (κ3) is 5.97. The van der Waals surface area contributed by atoms with Crippen LogP contribution in [0, 0.1) is 17.8 Å². The second-order valence-corrected chi connectivity index (χ2v) is 10.2. The van der Waals surface area contributed by atoms with Gasteiger partial charge in [0.15, 0.2) is 0 Å². The molecule has 0 nitrogen and oxygen atoms in total. The average molecular weight is 439 g/mol. The smallest absolute Gasteiger partial charge is 0.0281 e. The summed E-state index contributed by atoms with van der Waals surface area (Å²) in [4.78, 5) is 0. The lowest BCUT2D eigenvalue weighted by Crippen LogP contribution is -2.12. The van der Waals surface area contributed by atoms with Gasteiger partial charge in [-0.25, -0.2) is 0 Å². The lowest BCUT2D eigenvalue weighted by molar-refractivity contribution is 0.368. The van der Waals surface area contributed by atoms with E-state index in [4.69, 9.17) is 0 Å². The summed E-state index contributed by atoms with van der Waals surface area (Å²) < 4.78 is 0. The van der Waals surface area contributed by atoms with Crippen molar-refractivity contribution in [1.82, 2.24) is 0 Å². The Morgan fingerprint density at radius 2 is 1.52 bits per heavy atom. The van der Waals surface area contributed by atoms with Gasteiger partial charge in [-0.3, -0.25) is 0 Å². The summed E-state index contributed by atoms with van der Waals surface area (Å²) in [5, 5.41) is 0. The first-order valence-electron chi connectivity index (χ1n) is 13.5. The highest BCUT2D eigenvalue weighted by Crippen LogP contribution is 2.40. The third-order valence-corrected chi connectivity index (χ3v) is 8.07. The molecule has 0 bridgehead atoms. The number of fused-ring (bicyclic) bond motifs is 1. The highest BCUT2D eigenvalue weighted by molar-refractivity contribution is 5.60. The molecular formula is C33H42. The Labute approximate surface area is 202 Å². The summed E-state index contributed by atoms with van der Waals surface area (Å²) in [5.41, 5.74) is 8.77. The molecule has 4 rings (SSSR count). The molecule has 0 N–H and O–H groups in total. The quantitative estimate of drug-likeness (QED) is 0.323. The first kappa shape index (κ1) is 23.8. The minimum Gasteiger partial charge on any atom is -0.0836 e. The van der Waals surface area contributed by atoms with Crippen molar-refractivity contribution < 1.29 is 0 Å². The first-order chi connectivity index (χ1) is 16.2. The van der Waals surface area contributed by atoms with E-state index in [1.165, 1.54) is 78.4 Å². The largest absolute Gasteiger partial charge is 0.0836 e. The molecule has 3 aliphatic carbocycles. The van der Waals surface area contributed by atoms with Crippen LogP contribution >= 0.6 is 0 Å². The van der Waals surface area contributed by atoms with E-state index >= 15 is 0 Å². The van der Waals surface area contributed by atoms with Gasteiger partial charge in [-0.15, -0.1) is 0 Å².